The van der Waals surface area contributed by atoms with Gasteiger partial charge in [0.1, 0.15) is 0 Å². The Morgan fingerprint density at radius 3 is 2.62 bits per heavy atom. The van der Waals surface area contributed by atoms with Gasteiger partial charge in [-0.2, -0.15) is 18.0 Å². The Morgan fingerprint density at radius 1 is 1.12 bits per heavy atom. The number of tetrazole rings is 1. The number of halogens is 3. The fraction of sp³-hybridized carbons (Fsp3) is 0.188. The lowest BCUT2D eigenvalue weighted by molar-refractivity contribution is -0.137. The van der Waals surface area contributed by atoms with E-state index in [1.165, 1.54) is 16.9 Å². The molecule has 0 saturated carbocycles. The van der Waals surface area contributed by atoms with Gasteiger partial charge in [0.15, 0.2) is 0 Å². The molecule has 0 bridgehead atoms. The predicted octanol–water partition coefficient (Wildman–Crippen LogP) is 3.30. The van der Waals surface area contributed by atoms with Gasteiger partial charge in [-0.25, -0.2) is 0 Å². The monoisotopic (exact) mass is 333 g/mol. The summed E-state index contributed by atoms with van der Waals surface area (Å²) in [4.78, 5) is 1.33. The first kappa shape index (κ1) is 16.0. The topological polar surface area (TPSA) is 69.6 Å². The summed E-state index contributed by atoms with van der Waals surface area (Å²) in [6.07, 6.45) is -4.41. The van der Waals surface area contributed by atoms with Gasteiger partial charge in [-0.3, -0.25) is 0 Å². The fourth-order valence-corrected chi connectivity index (χ4v) is 2.26. The molecule has 3 rings (SSSR count). The van der Waals surface area contributed by atoms with Crippen molar-refractivity contribution in [3.8, 4) is 11.4 Å². The first-order valence-electron chi connectivity index (χ1n) is 7.13. The summed E-state index contributed by atoms with van der Waals surface area (Å²) in [6.45, 7) is 2.24. The Balaban J connectivity index is 1.84. The molecule has 1 aromatic heterocycles. The number of anilines is 1. The number of nitrogen functional groups attached to an aromatic ring is 1. The van der Waals surface area contributed by atoms with Crippen molar-refractivity contribution >= 4 is 5.69 Å². The zero-order chi connectivity index (χ0) is 17.3. The maximum Gasteiger partial charge on any atom is 0.416 e. The van der Waals surface area contributed by atoms with E-state index < -0.39 is 11.7 Å². The minimum absolute atomic E-state index is 0.147. The van der Waals surface area contributed by atoms with Crippen molar-refractivity contribution in [3.05, 3.63) is 59.2 Å². The van der Waals surface area contributed by atoms with Crippen molar-refractivity contribution < 1.29 is 13.2 Å². The van der Waals surface area contributed by atoms with Crippen LogP contribution in [0.2, 0.25) is 0 Å². The minimum Gasteiger partial charge on any atom is -0.399 e. The van der Waals surface area contributed by atoms with Gasteiger partial charge in [0.25, 0.3) is 0 Å². The van der Waals surface area contributed by atoms with Crippen molar-refractivity contribution in [2.24, 2.45) is 0 Å². The van der Waals surface area contributed by atoms with E-state index in [1.54, 1.807) is 6.07 Å². The van der Waals surface area contributed by atoms with E-state index in [0.29, 0.717) is 12.2 Å². The Bertz CT molecular complexity index is 870. The Hall–Kier alpha value is -2.90. The lowest BCUT2D eigenvalue weighted by Gasteiger charge is -2.06. The summed E-state index contributed by atoms with van der Waals surface area (Å²) in [5.41, 5.74) is 7.84. The highest BCUT2D eigenvalue weighted by Gasteiger charge is 2.30. The van der Waals surface area contributed by atoms with Crippen LogP contribution in [0.5, 0.6) is 0 Å². The third kappa shape index (κ3) is 3.37. The van der Waals surface area contributed by atoms with Gasteiger partial charge < -0.3 is 5.73 Å². The molecule has 1 heterocycles. The quantitative estimate of drug-likeness (QED) is 0.747. The third-order valence-electron chi connectivity index (χ3n) is 3.56. The molecule has 2 N–H and O–H groups in total. The minimum atomic E-state index is -4.41. The summed E-state index contributed by atoms with van der Waals surface area (Å²) in [5.74, 6) is 0.147. The third-order valence-corrected chi connectivity index (χ3v) is 3.56. The molecule has 2 aromatic carbocycles. The van der Waals surface area contributed by atoms with Crippen LogP contribution >= 0.6 is 0 Å². The van der Waals surface area contributed by atoms with E-state index >= 15 is 0 Å². The van der Waals surface area contributed by atoms with Crippen LogP contribution in [0.25, 0.3) is 11.4 Å². The maximum absolute atomic E-state index is 12.8. The van der Waals surface area contributed by atoms with E-state index in [1.807, 2.05) is 19.1 Å². The molecular formula is C16H14F3N5. The second kappa shape index (κ2) is 5.95. The molecule has 0 radical (unpaired) electrons. The van der Waals surface area contributed by atoms with Crippen molar-refractivity contribution in [1.82, 2.24) is 20.2 Å². The summed E-state index contributed by atoms with van der Waals surface area (Å²) >= 11 is 0. The van der Waals surface area contributed by atoms with E-state index in [-0.39, 0.29) is 11.4 Å². The molecule has 0 aliphatic carbocycles. The normalized spacial score (nSPS) is 11.7. The zero-order valence-corrected chi connectivity index (χ0v) is 12.7. The smallest absolute Gasteiger partial charge is 0.399 e. The van der Waals surface area contributed by atoms with E-state index in [0.717, 1.165) is 23.3 Å². The van der Waals surface area contributed by atoms with Crippen molar-refractivity contribution in [1.29, 1.82) is 0 Å². The number of alkyl halides is 3. The van der Waals surface area contributed by atoms with Crippen molar-refractivity contribution in [2.75, 3.05) is 5.73 Å². The lowest BCUT2D eigenvalue weighted by atomic mass is 10.1. The largest absolute Gasteiger partial charge is 0.416 e. The van der Waals surface area contributed by atoms with Crippen LogP contribution in [0.3, 0.4) is 0 Å². The highest BCUT2D eigenvalue weighted by Crippen LogP contribution is 2.31. The molecule has 0 aliphatic rings. The fourth-order valence-electron chi connectivity index (χ4n) is 2.26. The molecule has 124 valence electrons. The summed E-state index contributed by atoms with van der Waals surface area (Å²) in [7, 11) is 0. The van der Waals surface area contributed by atoms with Gasteiger partial charge >= 0.3 is 6.18 Å². The molecule has 24 heavy (non-hydrogen) atoms. The van der Waals surface area contributed by atoms with Crippen LogP contribution in [-0.2, 0) is 12.7 Å². The maximum atomic E-state index is 12.8. The molecular weight excluding hydrogens is 319 g/mol. The molecule has 5 nitrogen and oxygen atoms in total. The average molecular weight is 333 g/mol. The second-order valence-corrected chi connectivity index (χ2v) is 5.41. The van der Waals surface area contributed by atoms with Gasteiger partial charge in [0, 0.05) is 11.3 Å². The number of nitrogens with two attached hydrogens (primary N) is 1. The molecule has 0 atom stereocenters. The first-order valence-corrected chi connectivity index (χ1v) is 7.13. The van der Waals surface area contributed by atoms with Crippen molar-refractivity contribution in [3.63, 3.8) is 0 Å². The van der Waals surface area contributed by atoms with Crippen LogP contribution in [0, 0.1) is 6.92 Å². The van der Waals surface area contributed by atoms with E-state index in [2.05, 4.69) is 15.4 Å². The molecule has 0 unspecified atom stereocenters. The van der Waals surface area contributed by atoms with E-state index in [9.17, 15) is 13.2 Å². The SMILES string of the molecule is Cc1cc(Cn2nnc(-c3cccc(C(F)(F)F)c3)n2)ccc1N. The predicted molar refractivity (Wildman–Crippen MR) is 82.9 cm³/mol. The number of hydrogen-bond donors (Lipinski definition) is 1. The van der Waals surface area contributed by atoms with Crippen LogP contribution in [-0.4, -0.2) is 20.2 Å². The van der Waals surface area contributed by atoms with Crippen LogP contribution in [0.4, 0.5) is 18.9 Å². The number of nitrogens with zero attached hydrogens (tertiary/aromatic N) is 4. The van der Waals surface area contributed by atoms with Gasteiger partial charge in [-0.05, 0) is 41.5 Å². The molecule has 0 fully saturated rings. The highest BCUT2D eigenvalue weighted by atomic mass is 19.4. The molecule has 8 heteroatoms. The van der Waals surface area contributed by atoms with Gasteiger partial charge in [0.05, 0.1) is 12.1 Å². The Labute approximate surface area is 135 Å². The molecule has 3 aromatic rings. The number of aryl methyl sites for hydroxylation is 1. The average Bonchev–Trinajstić information content (AvgIpc) is 2.99. The number of aromatic nitrogens is 4. The lowest BCUT2D eigenvalue weighted by Crippen LogP contribution is -2.05. The zero-order valence-electron chi connectivity index (χ0n) is 12.7. The van der Waals surface area contributed by atoms with Crippen LogP contribution in [0.1, 0.15) is 16.7 Å². The first-order chi connectivity index (χ1) is 11.3. The van der Waals surface area contributed by atoms with Gasteiger partial charge in [0.2, 0.25) is 5.82 Å². The van der Waals surface area contributed by atoms with Crippen molar-refractivity contribution in [2.45, 2.75) is 19.6 Å². The molecule has 0 saturated heterocycles. The van der Waals surface area contributed by atoms with Crippen LogP contribution in [0.15, 0.2) is 42.5 Å². The molecule has 0 aliphatic heterocycles. The summed E-state index contributed by atoms with van der Waals surface area (Å²) in [5, 5.41) is 11.9. The van der Waals surface area contributed by atoms with Gasteiger partial charge in [-0.15, -0.1) is 10.2 Å². The Kier molecular flexibility index (Phi) is 3.96. The van der Waals surface area contributed by atoms with Gasteiger partial charge in [-0.1, -0.05) is 24.3 Å². The van der Waals surface area contributed by atoms with E-state index in [4.69, 9.17) is 5.73 Å². The second-order valence-electron chi connectivity index (χ2n) is 5.41. The highest BCUT2D eigenvalue weighted by molar-refractivity contribution is 5.55. The number of hydrogen-bond acceptors (Lipinski definition) is 4. The Morgan fingerprint density at radius 2 is 1.92 bits per heavy atom. The molecule has 0 amide bonds. The summed E-state index contributed by atoms with van der Waals surface area (Å²) in [6, 6.07) is 10.4. The molecule has 0 spiro atoms. The number of rotatable bonds is 3. The number of benzene rings is 2. The summed E-state index contributed by atoms with van der Waals surface area (Å²) < 4.78 is 38.3. The standard InChI is InChI=1S/C16H14F3N5/c1-10-7-11(5-6-14(10)20)9-24-22-15(21-23-24)12-3-2-4-13(8-12)16(17,18)19/h2-8H,9,20H2,1H3. The van der Waals surface area contributed by atoms with Crippen LogP contribution < -0.4 is 5.73 Å².